The summed E-state index contributed by atoms with van der Waals surface area (Å²) in [6, 6.07) is 4.39. The fourth-order valence-electron chi connectivity index (χ4n) is 3.68. The summed E-state index contributed by atoms with van der Waals surface area (Å²) >= 11 is 5.92. The van der Waals surface area contributed by atoms with Gasteiger partial charge in [-0.3, -0.25) is 15.4 Å². The van der Waals surface area contributed by atoms with Gasteiger partial charge in [0.2, 0.25) is 11.8 Å². The molecule has 1 amide bonds. The fourth-order valence-corrected chi connectivity index (χ4v) is 3.83. The second kappa shape index (κ2) is 11.7. The van der Waals surface area contributed by atoms with Crippen LogP contribution >= 0.6 is 11.6 Å². The second-order valence-corrected chi connectivity index (χ2v) is 9.24. The van der Waals surface area contributed by atoms with Gasteiger partial charge in [0.05, 0.1) is 34.6 Å². The summed E-state index contributed by atoms with van der Waals surface area (Å²) < 4.78 is 50.9. The lowest BCUT2D eigenvalue weighted by Crippen LogP contribution is -2.47. The van der Waals surface area contributed by atoms with E-state index in [4.69, 9.17) is 28.5 Å². The number of aromatic nitrogens is 1. The van der Waals surface area contributed by atoms with Gasteiger partial charge in [0.15, 0.2) is 17.3 Å². The topological polar surface area (TPSA) is 125 Å². The second-order valence-electron chi connectivity index (χ2n) is 8.80. The van der Waals surface area contributed by atoms with E-state index in [2.05, 4.69) is 27.0 Å². The summed E-state index contributed by atoms with van der Waals surface area (Å²) in [6.45, 7) is 3.20. The third kappa shape index (κ3) is 6.12. The number of nitrogens with zero attached hydrogens (tertiary/aromatic N) is 2. The molecule has 3 rings (SSSR count). The molecule has 39 heavy (non-hydrogen) atoms. The molecule has 1 aromatic heterocycles. The minimum atomic E-state index is -1.24. The Labute approximate surface area is 228 Å². The molecule has 0 radical (unpaired) electrons. The number of halogens is 4. The van der Waals surface area contributed by atoms with Crippen LogP contribution in [-0.2, 0) is 4.79 Å². The van der Waals surface area contributed by atoms with Crippen LogP contribution in [-0.4, -0.2) is 35.8 Å². The molecule has 9 nitrogen and oxygen atoms in total. The van der Waals surface area contributed by atoms with Crippen LogP contribution in [0.1, 0.15) is 25.5 Å². The van der Waals surface area contributed by atoms with Gasteiger partial charge in [-0.1, -0.05) is 29.7 Å². The standard InChI is InChI=1S/C26H26ClF3N6O3/c1-6-26(2,3)34-24(37)23(32-4)15-8-7-14(20(29)22(15)31)19-16(28)9-10-17(21(19)30)35-36(38)18-11-13(27)12-33-25(18)39-5/h1,7-12,23,32,35,38H,31H2,2-5H3,(H,34,37). The lowest BCUT2D eigenvalue weighted by molar-refractivity contribution is -0.124. The number of carbonyl (C=O) groups excluding carboxylic acids is 1. The Hall–Kier alpha value is -4.18. The molecule has 2 aromatic carbocycles. The van der Waals surface area contributed by atoms with E-state index < -0.39 is 57.4 Å². The summed E-state index contributed by atoms with van der Waals surface area (Å²) in [7, 11) is 2.75. The van der Waals surface area contributed by atoms with E-state index >= 15 is 8.78 Å². The third-order valence-corrected chi connectivity index (χ3v) is 5.89. The van der Waals surface area contributed by atoms with Crippen molar-refractivity contribution >= 4 is 34.6 Å². The molecule has 0 aliphatic carbocycles. The van der Waals surface area contributed by atoms with Gasteiger partial charge in [0.1, 0.15) is 11.9 Å². The quantitative estimate of drug-likeness (QED) is 0.147. The number of terminal acetylenes is 1. The molecule has 3 aromatic rings. The van der Waals surface area contributed by atoms with Crippen LogP contribution in [0.25, 0.3) is 11.1 Å². The lowest BCUT2D eigenvalue weighted by Gasteiger charge is -2.25. The van der Waals surface area contributed by atoms with Crippen molar-refractivity contribution in [2.45, 2.75) is 25.4 Å². The average molecular weight is 563 g/mol. The largest absolute Gasteiger partial charge is 0.479 e. The predicted octanol–water partition coefficient (Wildman–Crippen LogP) is 4.42. The summed E-state index contributed by atoms with van der Waals surface area (Å²) in [6.07, 6.45) is 6.69. The molecule has 0 spiro atoms. The molecular formula is C26H26ClF3N6O3. The van der Waals surface area contributed by atoms with E-state index in [9.17, 15) is 14.4 Å². The van der Waals surface area contributed by atoms with Crippen LogP contribution in [0.2, 0.25) is 5.02 Å². The van der Waals surface area contributed by atoms with Crippen LogP contribution in [0.3, 0.4) is 0 Å². The average Bonchev–Trinajstić information content (AvgIpc) is 2.89. The van der Waals surface area contributed by atoms with Gasteiger partial charge in [-0.2, -0.15) is 5.17 Å². The molecular weight excluding hydrogens is 537 g/mol. The Bertz CT molecular complexity index is 1450. The zero-order valence-electron chi connectivity index (χ0n) is 21.4. The maximum Gasteiger partial charge on any atom is 0.242 e. The first-order valence-electron chi connectivity index (χ1n) is 11.3. The maximum absolute atomic E-state index is 15.5. The van der Waals surface area contributed by atoms with Gasteiger partial charge in [-0.25, -0.2) is 18.2 Å². The summed E-state index contributed by atoms with van der Waals surface area (Å²) in [5.41, 5.74) is 5.05. The van der Waals surface area contributed by atoms with Crippen LogP contribution < -0.4 is 31.7 Å². The van der Waals surface area contributed by atoms with Gasteiger partial charge in [0, 0.05) is 17.3 Å². The number of hydrogen-bond donors (Lipinski definition) is 5. The first kappa shape index (κ1) is 29.4. The lowest BCUT2D eigenvalue weighted by atomic mass is 9.95. The number of benzene rings is 2. The van der Waals surface area contributed by atoms with Crippen molar-refractivity contribution in [3.05, 3.63) is 64.6 Å². The smallest absolute Gasteiger partial charge is 0.242 e. The maximum atomic E-state index is 15.5. The summed E-state index contributed by atoms with van der Waals surface area (Å²) in [5.74, 6) is -1.73. The fraction of sp³-hybridized carbons (Fsp3) is 0.231. The molecule has 0 bridgehead atoms. The van der Waals surface area contributed by atoms with Gasteiger partial charge in [-0.15, -0.1) is 6.42 Å². The number of nitrogen functional groups attached to an aromatic ring is 1. The highest BCUT2D eigenvalue weighted by Crippen LogP contribution is 2.37. The molecule has 13 heteroatoms. The van der Waals surface area contributed by atoms with E-state index in [1.54, 1.807) is 13.8 Å². The number of hydrogen-bond acceptors (Lipinski definition) is 8. The van der Waals surface area contributed by atoms with Crippen LogP contribution in [0.5, 0.6) is 5.88 Å². The molecule has 206 valence electrons. The zero-order valence-corrected chi connectivity index (χ0v) is 22.1. The number of nitrogens with one attached hydrogen (secondary N) is 3. The number of pyridine rings is 1. The highest BCUT2D eigenvalue weighted by Gasteiger charge is 2.29. The van der Waals surface area contributed by atoms with E-state index in [0.29, 0.717) is 5.17 Å². The predicted molar refractivity (Wildman–Crippen MR) is 143 cm³/mol. The number of amides is 1. The van der Waals surface area contributed by atoms with Crippen molar-refractivity contribution in [3.63, 3.8) is 0 Å². The Morgan fingerprint density at radius 1 is 1.26 bits per heavy atom. The van der Waals surface area contributed by atoms with Crippen molar-refractivity contribution < 1.29 is 27.9 Å². The Kier molecular flexibility index (Phi) is 8.81. The van der Waals surface area contributed by atoms with Crippen LogP contribution in [0, 0.1) is 29.8 Å². The van der Waals surface area contributed by atoms with Crippen molar-refractivity contribution in [2.24, 2.45) is 0 Å². The van der Waals surface area contributed by atoms with Crippen molar-refractivity contribution in [1.29, 1.82) is 0 Å². The van der Waals surface area contributed by atoms with E-state index in [1.807, 2.05) is 0 Å². The molecule has 0 aliphatic heterocycles. The van der Waals surface area contributed by atoms with Gasteiger partial charge < -0.3 is 21.1 Å². The Morgan fingerprint density at radius 2 is 1.95 bits per heavy atom. The molecule has 0 fully saturated rings. The highest BCUT2D eigenvalue weighted by molar-refractivity contribution is 6.30. The summed E-state index contributed by atoms with van der Waals surface area (Å²) in [4.78, 5) is 16.7. The van der Waals surface area contributed by atoms with Crippen molar-refractivity contribution in [1.82, 2.24) is 15.6 Å². The Balaban J connectivity index is 2.02. The SMILES string of the molecule is C#CC(C)(C)NC(=O)C(NC)c1ccc(-c2c(F)ccc(NN(O)c3cc(Cl)cnc3OC)c2F)c(F)c1N. The van der Waals surface area contributed by atoms with E-state index in [-0.39, 0.29) is 22.2 Å². The molecule has 1 heterocycles. The number of carbonyl (C=O) groups is 1. The number of methoxy groups -OCH3 is 1. The minimum Gasteiger partial charge on any atom is -0.479 e. The van der Waals surface area contributed by atoms with Crippen molar-refractivity contribution in [2.75, 3.05) is 30.5 Å². The number of hydrazine groups is 1. The van der Waals surface area contributed by atoms with E-state index in [1.165, 1.54) is 32.5 Å². The zero-order chi connectivity index (χ0) is 29.1. The third-order valence-electron chi connectivity index (χ3n) is 5.68. The number of likely N-dealkylation sites (N-methyl/N-ethyl adjacent to an activating group) is 1. The van der Waals surface area contributed by atoms with Gasteiger partial charge in [-0.05, 0) is 39.1 Å². The molecule has 1 unspecified atom stereocenters. The minimum absolute atomic E-state index is 0.0289. The number of anilines is 3. The van der Waals surface area contributed by atoms with Crippen LogP contribution in [0.4, 0.5) is 30.2 Å². The highest BCUT2D eigenvalue weighted by atomic mass is 35.5. The monoisotopic (exact) mass is 562 g/mol. The van der Waals surface area contributed by atoms with Gasteiger partial charge >= 0.3 is 0 Å². The first-order chi connectivity index (χ1) is 18.3. The molecule has 0 saturated heterocycles. The normalized spacial score (nSPS) is 11.9. The van der Waals surface area contributed by atoms with Gasteiger partial charge in [0.25, 0.3) is 0 Å². The molecule has 0 saturated carbocycles. The first-order valence-corrected chi connectivity index (χ1v) is 11.7. The number of ether oxygens (including phenoxy) is 1. The molecule has 0 aliphatic rings. The van der Waals surface area contributed by atoms with E-state index in [0.717, 1.165) is 18.2 Å². The number of rotatable bonds is 9. The Morgan fingerprint density at radius 3 is 2.56 bits per heavy atom. The van der Waals surface area contributed by atoms with Crippen molar-refractivity contribution in [3.8, 4) is 29.4 Å². The molecule has 6 N–H and O–H groups in total. The summed E-state index contributed by atoms with van der Waals surface area (Å²) in [5, 5.41) is 16.3. The number of nitrogens with two attached hydrogens (primary N) is 1. The van der Waals surface area contributed by atoms with Crippen LogP contribution in [0.15, 0.2) is 36.5 Å². The molecule has 1 atom stereocenters.